The number of aromatic amines is 1. The van der Waals surface area contributed by atoms with Crippen LogP contribution in [0.5, 0.6) is 11.5 Å². The Morgan fingerprint density at radius 3 is 2.39 bits per heavy atom. The van der Waals surface area contributed by atoms with Crippen molar-refractivity contribution in [2.24, 2.45) is 0 Å². The number of fused-ring (bicyclic) bond motifs is 1. The molecule has 1 amide bonds. The lowest BCUT2D eigenvalue weighted by atomic mass is 9.99. The van der Waals surface area contributed by atoms with Crippen molar-refractivity contribution in [1.82, 2.24) is 15.1 Å². The Hall–Kier alpha value is -4.21. The second-order valence-corrected chi connectivity index (χ2v) is 8.51. The Balaban J connectivity index is 1.69. The lowest BCUT2D eigenvalue weighted by molar-refractivity contribution is -0.189. The number of carbonyl (C=O) groups is 1. The molecule has 0 saturated carbocycles. The summed E-state index contributed by atoms with van der Waals surface area (Å²) in [5.74, 6) is -1.38. The third kappa shape index (κ3) is 5.11. The first-order valence-corrected chi connectivity index (χ1v) is 11.2. The van der Waals surface area contributed by atoms with Crippen molar-refractivity contribution in [1.29, 1.82) is 5.26 Å². The van der Waals surface area contributed by atoms with Crippen LogP contribution in [0.15, 0.2) is 36.4 Å². The first-order valence-electron chi connectivity index (χ1n) is 11.2. The molecule has 1 aliphatic rings. The predicted molar refractivity (Wildman–Crippen MR) is 121 cm³/mol. The molecule has 2 heterocycles. The van der Waals surface area contributed by atoms with Gasteiger partial charge in [-0.15, -0.1) is 0 Å². The number of nitrogens with zero attached hydrogens (tertiary/aromatic N) is 3. The summed E-state index contributed by atoms with van der Waals surface area (Å²) < 4.78 is 88.8. The summed E-state index contributed by atoms with van der Waals surface area (Å²) in [6, 6.07) is 8.53. The van der Waals surface area contributed by atoms with Crippen LogP contribution in [0.2, 0.25) is 0 Å². The van der Waals surface area contributed by atoms with E-state index >= 15 is 0 Å². The number of H-pyrrole nitrogens is 1. The Morgan fingerprint density at radius 1 is 1.13 bits per heavy atom. The molecule has 0 fully saturated rings. The van der Waals surface area contributed by atoms with Crippen molar-refractivity contribution in [2.75, 3.05) is 13.7 Å². The number of alkyl halides is 6. The number of rotatable bonds is 5. The highest BCUT2D eigenvalue weighted by atomic mass is 19.4. The molecule has 0 radical (unpaired) electrons. The van der Waals surface area contributed by atoms with Gasteiger partial charge in [-0.2, -0.15) is 36.7 Å². The highest BCUT2D eigenvalue weighted by Crippen LogP contribution is 2.38. The van der Waals surface area contributed by atoms with Crippen LogP contribution in [0.4, 0.5) is 26.3 Å². The van der Waals surface area contributed by atoms with E-state index in [2.05, 4.69) is 10.2 Å². The molecule has 1 atom stereocenters. The van der Waals surface area contributed by atoms with Crippen LogP contribution < -0.4 is 9.47 Å². The minimum atomic E-state index is -4.71. The normalized spacial score (nSPS) is 14.4. The molecular weight excluding hydrogens is 518 g/mol. The quantitative estimate of drug-likeness (QED) is 0.433. The zero-order valence-corrected chi connectivity index (χ0v) is 20.0. The highest BCUT2D eigenvalue weighted by molar-refractivity contribution is 6.00. The maximum atomic E-state index is 13.7. The average Bonchev–Trinajstić information content (AvgIpc) is 3.30. The molecule has 1 aromatic heterocycles. The topological polar surface area (TPSA) is 91.2 Å². The van der Waals surface area contributed by atoms with Crippen molar-refractivity contribution in [3.05, 3.63) is 64.3 Å². The van der Waals surface area contributed by atoms with E-state index in [0.29, 0.717) is 28.9 Å². The fourth-order valence-electron chi connectivity index (χ4n) is 4.11. The lowest BCUT2D eigenvalue weighted by Gasteiger charge is -2.29. The van der Waals surface area contributed by atoms with Gasteiger partial charge in [0.05, 0.1) is 23.9 Å². The Kier molecular flexibility index (Phi) is 7.01. The summed E-state index contributed by atoms with van der Waals surface area (Å²) in [6.45, 7) is 0.887. The molecule has 13 heteroatoms. The van der Waals surface area contributed by atoms with Gasteiger partial charge in [-0.1, -0.05) is 12.1 Å². The first kappa shape index (κ1) is 26.8. The summed E-state index contributed by atoms with van der Waals surface area (Å²) in [5.41, 5.74) is 0.699. The molecule has 2 aromatic carbocycles. The monoisotopic (exact) mass is 538 g/mol. The lowest BCUT2D eigenvalue weighted by Crippen LogP contribution is -2.37. The van der Waals surface area contributed by atoms with Gasteiger partial charge in [0.25, 0.3) is 5.91 Å². The van der Waals surface area contributed by atoms with Crippen molar-refractivity contribution in [2.45, 2.75) is 38.3 Å². The van der Waals surface area contributed by atoms with Crippen LogP contribution in [-0.2, 0) is 19.1 Å². The summed E-state index contributed by atoms with van der Waals surface area (Å²) in [4.78, 5) is 15.0. The molecule has 4 rings (SSSR count). The first-order chi connectivity index (χ1) is 17.8. The molecule has 0 bridgehead atoms. The number of methoxy groups -OCH3 is 1. The molecule has 1 N–H and O–H groups in total. The van der Waals surface area contributed by atoms with E-state index in [1.807, 2.05) is 6.07 Å². The van der Waals surface area contributed by atoms with Gasteiger partial charge in [0, 0.05) is 36.3 Å². The van der Waals surface area contributed by atoms with Gasteiger partial charge in [0.2, 0.25) is 0 Å². The van der Waals surface area contributed by atoms with Crippen molar-refractivity contribution >= 4 is 5.91 Å². The van der Waals surface area contributed by atoms with Gasteiger partial charge in [0.1, 0.15) is 17.4 Å². The third-order valence-electron chi connectivity index (χ3n) is 6.13. The number of hydrogen-bond acceptors (Lipinski definition) is 5. The van der Waals surface area contributed by atoms with E-state index in [-0.39, 0.29) is 30.0 Å². The molecule has 1 aliphatic heterocycles. The molecule has 7 nitrogen and oxygen atoms in total. The average molecular weight is 538 g/mol. The summed E-state index contributed by atoms with van der Waals surface area (Å²) in [7, 11) is 1.18. The molecule has 0 saturated heterocycles. The summed E-state index contributed by atoms with van der Waals surface area (Å²) >= 11 is 0. The number of nitrogens with one attached hydrogen (secondary N) is 1. The van der Waals surface area contributed by atoms with E-state index in [1.54, 1.807) is 0 Å². The number of halogens is 6. The fourth-order valence-corrected chi connectivity index (χ4v) is 4.11. The Labute approximate surface area is 212 Å². The number of aromatic nitrogens is 2. The molecule has 0 aliphatic carbocycles. The molecule has 3 aromatic rings. The minimum absolute atomic E-state index is 0.0464. The van der Waals surface area contributed by atoms with Crippen molar-refractivity contribution < 1.29 is 40.6 Å². The molecule has 38 heavy (non-hydrogen) atoms. The summed E-state index contributed by atoms with van der Waals surface area (Å²) in [6.07, 6.45) is -11.2. The fraction of sp³-hybridized carbons (Fsp3) is 0.320. The Morgan fingerprint density at radius 2 is 1.82 bits per heavy atom. The van der Waals surface area contributed by atoms with Gasteiger partial charge in [-0.3, -0.25) is 9.89 Å². The molecular formula is C25H20F6N4O3. The summed E-state index contributed by atoms with van der Waals surface area (Å²) in [5, 5.41) is 16.5. The second-order valence-electron chi connectivity index (χ2n) is 8.51. The van der Waals surface area contributed by atoms with E-state index < -0.39 is 35.7 Å². The number of carbonyl (C=O) groups excluding carboxylic acids is 1. The highest BCUT2D eigenvalue weighted by Gasteiger charge is 2.40. The van der Waals surface area contributed by atoms with E-state index in [0.717, 1.165) is 25.1 Å². The predicted octanol–water partition coefficient (Wildman–Crippen LogP) is 5.50. The molecule has 200 valence electrons. The Bertz CT molecular complexity index is 1390. The zero-order chi connectivity index (χ0) is 27.8. The van der Waals surface area contributed by atoms with Gasteiger partial charge in [0.15, 0.2) is 11.9 Å². The standard InChI is InChI=1S/C25H20F6N4O3/c1-13(24(26,27)28)38-19-8-5-15(11-32)22(37-2)20(19)23(36)35-10-9-18-17(12-35)21(34-33-18)14-3-6-16(7-4-14)25(29,30)31/h3-8,13H,9-10,12H2,1-2H3,(H,33,34). The number of benzene rings is 2. The van der Waals surface area contributed by atoms with Gasteiger partial charge >= 0.3 is 12.4 Å². The second kappa shape index (κ2) is 9.92. The minimum Gasteiger partial charge on any atom is -0.494 e. The SMILES string of the molecule is COc1c(C#N)ccc(OC(C)C(F)(F)F)c1C(=O)N1CCc2[nH]nc(-c3ccc(C(F)(F)F)cc3)c2C1. The molecule has 0 spiro atoms. The number of amides is 1. The van der Waals surface area contributed by atoms with Crippen molar-refractivity contribution in [3.8, 4) is 28.8 Å². The maximum Gasteiger partial charge on any atom is 0.425 e. The maximum absolute atomic E-state index is 13.7. The smallest absolute Gasteiger partial charge is 0.425 e. The van der Waals surface area contributed by atoms with Crippen LogP contribution in [0.1, 0.15) is 39.7 Å². The van der Waals surface area contributed by atoms with Crippen LogP contribution in [0, 0.1) is 11.3 Å². The number of nitriles is 1. The number of ether oxygens (including phenoxy) is 2. The van der Waals surface area contributed by atoms with Crippen LogP contribution >= 0.6 is 0 Å². The van der Waals surface area contributed by atoms with Crippen LogP contribution in [0.3, 0.4) is 0 Å². The molecule has 1 unspecified atom stereocenters. The van der Waals surface area contributed by atoms with Crippen LogP contribution in [-0.4, -0.2) is 46.9 Å². The number of hydrogen-bond donors (Lipinski definition) is 1. The van der Waals surface area contributed by atoms with E-state index in [1.165, 1.54) is 30.2 Å². The largest absolute Gasteiger partial charge is 0.494 e. The van der Waals surface area contributed by atoms with Crippen LogP contribution in [0.25, 0.3) is 11.3 Å². The van der Waals surface area contributed by atoms with E-state index in [9.17, 15) is 36.4 Å². The van der Waals surface area contributed by atoms with Gasteiger partial charge in [-0.05, 0) is 31.2 Å². The van der Waals surface area contributed by atoms with Gasteiger partial charge < -0.3 is 14.4 Å². The third-order valence-corrected chi connectivity index (χ3v) is 6.13. The zero-order valence-electron chi connectivity index (χ0n) is 20.0. The van der Waals surface area contributed by atoms with E-state index in [4.69, 9.17) is 9.47 Å². The van der Waals surface area contributed by atoms with Gasteiger partial charge in [-0.25, -0.2) is 0 Å². The van der Waals surface area contributed by atoms with Crippen molar-refractivity contribution in [3.63, 3.8) is 0 Å².